The van der Waals surface area contributed by atoms with E-state index in [2.05, 4.69) is 17.1 Å². The van der Waals surface area contributed by atoms with E-state index in [4.69, 9.17) is 9.47 Å². The number of carbonyl (C=O) groups excluding carboxylic acids is 1. The molecule has 0 unspecified atom stereocenters. The monoisotopic (exact) mass is 350 g/mol. The SMILES string of the molecule is CCCCOc1ccc(-c2cc(-c3ccc(C(=O)OC)cc3)[nH]n2)cc1. The van der Waals surface area contributed by atoms with Crippen molar-refractivity contribution in [2.75, 3.05) is 13.7 Å². The Balaban J connectivity index is 1.72. The van der Waals surface area contributed by atoms with Crippen LogP contribution in [0, 0.1) is 0 Å². The van der Waals surface area contributed by atoms with E-state index in [1.54, 1.807) is 12.1 Å². The Hall–Kier alpha value is -3.08. The molecule has 0 amide bonds. The van der Waals surface area contributed by atoms with Gasteiger partial charge in [-0.05, 0) is 54.4 Å². The van der Waals surface area contributed by atoms with Crippen LogP contribution in [0.1, 0.15) is 30.1 Å². The molecular formula is C21H22N2O3. The highest BCUT2D eigenvalue weighted by molar-refractivity contribution is 5.89. The molecule has 0 fully saturated rings. The Morgan fingerprint density at radius 1 is 1.04 bits per heavy atom. The summed E-state index contributed by atoms with van der Waals surface area (Å²) in [6.07, 6.45) is 2.17. The molecule has 0 spiro atoms. The van der Waals surface area contributed by atoms with E-state index in [1.165, 1.54) is 7.11 Å². The highest BCUT2D eigenvalue weighted by Gasteiger charge is 2.08. The van der Waals surface area contributed by atoms with Gasteiger partial charge in [0.1, 0.15) is 5.75 Å². The second-order valence-electron chi connectivity index (χ2n) is 5.96. The number of carbonyl (C=O) groups is 1. The quantitative estimate of drug-likeness (QED) is 0.495. The Labute approximate surface area is 153 Å². The topological polar surface area (TPSA) is 64.2 Å². The predicted molar refractivity (Wildman–Crippen MR) is 101 cm³/mol. The summed E-state index contributed by atoms with van der Waals surface area (Å²) in [7, 11) is 1.37. The first-order valence-corrected chi connectivity index (χ1v) is 8.68. The third kappa shape index (κ3) is 4.11. The van der Waals surface area contributed by atoms with Crippen molar-refractivity contribution >= 4 is 5.97 Å². The lowest BCUT2D eigenvalue weighted by atomic mass is 10.1. The summed E-state index contributed by atoms with van der Waals surface area (Å²) in [6, 6.07) is 17.1. The second-order valence-corrected chi connectivity index (χ2v) is 5.96. The van der Waals surface area contributed by atoms with Crippen LogP contribution in [0.4, 0.5) is 0 Å². The van der Waals surface area contributed by atoms with Crippen LogP contribution in [0.2, 0.25) is 0 Å². The number of nitrogens with one attached hydrogen (secondary N) is 1. The van der Waals surface area contributed by atoms with Gasteiger partial charge >= 0.3 is 5.97 Å². The molecule has 3 aromatic rings. The Morgan fingerprint density at radius 3 is 2.38 bits per heavy atom. The van der Waals surface area contributed by atoms with Gasteiger partial charge in [0.2, 0.25) is 0 Å². The molecule has 26 heavy (non-hydrogen) atoms. The van der Waals surface area contributed by atoms with E-state index in [0.29, 0.717) is 5.56 Å². The maximum absolute atomic E-state index is 11.5. The summed E-state index contributed by atoms with van der Waals surface area (Å²) >= 11 is 0. The maximum Gasteiger partial charge on any atom is 0.337 e. The van der Waals surface area contributed by atoms with Gasteiger partial charge in [0.05, 0.1) is 30.7 Å². The zero-order chi connectivity index (χ0) is 18.4. The number of hydrogen-bond acceptors (Lipinski definition) is 4. The largest absolute Gasteiger partial charge is 0.494 e. The van der Waals surface area contributed by atoms with Gasteiger partial charge in [-0.25, -0.2) is 4.79 Å². The highest BCUT2D eigenvalue weighted by atomic mass is 16.5. The molecule has 134 valence electrons. The van der Waals surface area contributed by atoms with Crippen LogP contribution in [0.5, 0.6) is 5.75 Å². The number of methoxy groups -OCH3 is 1. The van der Waals surface area contributed by atoms with Crippen molar-refractivity contribution in [3.05, 3.63) is 60.2 Å². The number of rotatable bonds is 7. The van der Waals surface area contributed by atoms with Gasteiger partial charge in [-0.1, -0.05) is 25.5 Å². The number of H-pyrrole nitrogens is 1. The number of aromatic amines is 1. The average molecular weight is 350 g/mol. The second kappa shape index (κ2) is 8.34. The molecule has 0 aliphatic rings. The van der Waals surface area contributed by atoms with E-state index in [0.717, 1.165) is 47.7 Å². The third-order valence-corrected chi connectivity index (χ3v) is 4.11. The van der Waals surface area contributed by atoms with Gasteiger partial charge in [-0.15, -0.1) is 0 Å². The van der Waals surface area contributed by atoms with Crippen LogP contribution in [0.25, 0.3) is 22.5 Å². The van der Waals surface area contributed by atoms with Crippen LogP contribution in [0.15, 0.2) is 54.6 Å². The van der Waals surface area contributed by atoms with Gasteiger partial charge in [0.25, 0.3) is 0 Å². The summed E-state index contributed by atoms with van der Waals surface area (Å²) in [4.78, 5) is 11.5. The normalized spacial score (nSPS) is 10.5. The van der Waals surface area contributed by atoms with Crippen molar-refractivity contribution < 1.29 is 14.3 Å². The van der Waals surface area contributed by atoms with Crippen molar-refractivity contribution in [3.63, 3.8) is 0 Å². The number of unbranched alkanes of at least 4 members (excludes halogenated alkanes) is 1. The highest BCUT2D eigenvalue weighted by Crippen LogP contribution is 2.25. The molecule has 2 aromatic carbocycles. The molecule has 1 N–H and O–H groups in total. The first-order valence-electron chi connectivity index (χ1n) is 8.68. The molecule has 3 rings (SSSR count). The number of aromatic nitrogens is 2. The maximum atomic E-state index is 11.5. The first-order chi connectivity index (χ1) is 12.7. The lowest BCUT2D eigenvalue weighted by Gasteiger charge is -2.05. The molecule has 5 heteroatoms. The van der Waals surface area contributed by atoms with Crippen molar-refractivity contribution in [1.29, 1.82) is 0 Å². The van der Waals surface area contributed by atoms with Crippen molar-refractivity contribution in [3.8, 4) is 28.3 Å². The minimum Gasteiger partial charge on any atom is -0.494 e. The lowest BCUT2D eigenvalue weighted by molar-refractivity contribution is 0.0601. The minimum atomic E-state index is -0.344. The van der Waals surface area contributed by atoms with Gasteiger partial charge in [0.15, 0.2) is 0 Å². The van der Waals surface area contributed by atoms with Crippen molar-refractivity contribution in [1.82, 2.24) is 10.2 Å². The van der Waals surface area contributed by atoms with Crippen molar-refractivity contribution in [2.45, 2.75) is 19.8 Å². The summed E-state index contributed by atoms with van der Waals surface area (Å²) in [5.41, 5.74) is 4.24. The average Bonchev–Trinajstić information content (AvgIpc) is 3.18. The van der Waals surface area contributed by atoms with E-state index in [9.17, 15) is 4.79 Å². The molecule has 0 atom stereocenters. The third-order valence-electron chi connectivity index (χ3n) is 4.11. The summed E-state index contributed by atoms with van der Waals surface area (Å²) in [5, 5.41) is 7.43. The van der Waals surface area contributed by atoms with E-state index in [-0.39, 0.29) is 5.97 Å². The molecule has 0 bridgehead atoms. The standard InChI is InChI=1S/C21H22N2O3/c1-3-4-13-26-18-11-9-16(10-12-18)20-14-19(22-23-20)15-5-7-17(8-6-15)21(24)25-2/h5-12,14H,3-4,13H2,1-2H3,(H,22,23). The number of nitrogens with zero attached hydrogens (tertiary/aromatic N) is 1. The fourth-order valence-corrected chi connectivity index (χ4v) is 2.58. The number of hydrogen-bond donors (Lipinski definition) is 1. The van der Waals surface area contributed by atoms with Crippen LogP contribution in [0.3, 0.4) is 0 Å². The van der Waals surface area contributed by atoms with E-state index in [1.807, 2.05) is 42.5 Å². The van der Waals surface area contributed by atoms with Crippen LogP contribution in [-0.2, 0) is 4.74 Å². The van der Waals surface area contributed by atoms with E-state index >= 15 is 0 Å². The van der Waals surface area contributed by atoms with Crippen LogP contribution >= 0.6 is 0 Å². The molecule has 1 heterocycles. The predicted octanol–water partition coefficient (Wildman–Crippen LogP) is 4.71. The number of benzene rings is 2. The van der Waals surface area contributed by atoms with Crippen molar-refractivity contribution in [2.24, 2.45) is 0 Å². The molecule has 5 nitrogen and oxygen atoms in total. The molecule has 1 aromatic heterocycles. The Bertz CT molecular complexity index is 852. The smallest absolute Gasteiger partial charge is 0.337 e. The fraction of sp³-hybridized carbons (Fsp3) is 0.238. The lowest BCUT2D eigenvalue weighted by Crippen LogP contribution is -2.00. The molecular weight excluding hydrogens is 328 g/mol. The molecule has 0 aliphatic heterocycles. The van der Waals surface area contributed by atoms with Gasteiger partial charge in [0, 0.05) is 5.56 Å². The van der Waals surface area contributed by atoms with Crippen LogP contribution < -0.4 is 4.74 Å². The zero-order valence-electron chi connectivity index (χ0n) is 15.0. The summed E-state index contributed by atoms with van der Waals surface area (Å²) in [6.45, 7) is 2.88. The number of esters is 1. The van der Waals surface area contributed by atoms with Crippen LogP contribution in [-0.4, -0.2) is 29.9 Å². The zero-order valence-corrected chi connectivity index (χ0v) is 15.0. The van der Waals surface area contributed by atoms with Gasteiger partial charge < -0.3 is 9.47 Å². The van der Waals surface area contributed by atoms with Gasteiger partial charge in [-0.2, -0.15) is 5.10 Å². The fourth-order valence-electron chi connectivity index (χ4n) is 2.58. The summed E-state index contributed by atoms with van der Waals surface area (Å²) in [5.74, 6) is 0.527. The molecule has 0 radical (unpaired) electrons. The minimum absolute atomic E-state index is 0.344. The molecule has 0 saturated heterocycles. The molecule has 0 saturated carbocycles. The molecule has 0 aliphatic carbocycles. The number of ether oxygens (including phenoxy) is 2. The van der Waals surface area contributed by atoms with Gasteiger partial charge in [-0.3, -0.25) is 5.10 Å². The van der Waals surface area contributed by atoms with E-state index < -0.39 is 0 Å². The Kier molecular flexibility index (Phi) is 5.69. The first kappa shape index (κ1) is 17.7. The Morgan fingerprint density at radius 2 is 1.73 bits per heavy atom. The summed E-state index contributed by atoms with van der Waals surface area (Å²) < 4.78 is 10.4.